The fourth-order valence-corrected chi connectivity index (χ4v) is 3.12. The quantitative estimate of drug-likeness (QED) is 0.665. The van der Waals surface area contributed by atoms with E-state index in [1.165, 1.54) is 0 Å². The molecule has 0 saturated heterocycles. The maximum atomic E-state index is 12.1. The van der Waals surface area contributed by atoms with Gasteiger partial charge in [0.25, 0.3) is 11.8 Å². The lowest BCUT2D eigenvalue weighted by Gasteiger charge is -2.11. The third kappa shape index (κ3) is 4.03. The molecule has 0 aromatic heterocycles. The average molecular weight is 413 g/mol. The molecule has 26 heavy (non-hydrogen) atoms. The summed E-state index contributed by atoms with van der Waals surface area (Å²) in [7, 11) is 1.57. The zero-order chi connectivity index (χ0) is 18.5. The molecule has 0 fully saturated rings. The molecule has 6 heteroatoms. The van der Waals surface area contributed by atoms with Gasteiger partial charge in [0.05, 0.1) is 4.47 Å². The van der Waals surface area contributed by atoms with E-state index in [4.69, 9.17) is 4.74 Å². The van der Waals surface area contributed by atoms with Gasteiger partial charge in [-0.15, -0.1) is 0 Å². The van der Waals surface area contributed by atoms with Gasteiger partial charge in [0.1, 0.15) is 5.75 Å². The fourth-order valence-electron chi connectivity index (χ4n) is 2.51. The minimum atomic E-state index is -0.280. The summed E-state index contributed by atoms with van der Waals surface area (Å²) < 4.78 is 6.45. The maximum Gasteiger partial charge on any atom is 0.262 e. The number of carbonyl (C=O) groups excluding carboxylic acids is 2. The highest BCUT2D eigenvalue weighted by molar-refractivity contribution is 9.10. The van der Waals surface area contributed by atoms with E-state index in [2.05, 4.69) is 26.6 Å². The maximum absolute atomic E-state index is 12.1. The first-order chi connectivity index (χ1) is 12.6. The molecule has 0 radical (unpaired) electrons. The van der Waals surface area contributed by atoms with Crippen molar-refractivity contribution in [1.29, 1.82) is 0 Å². The Kier molecular flexibility index (Phi) is 5.53. The molecule has 0 aliphatic heterocycles. The van der Waals surface area contributed by atoms with Crippen LogP contribution in [0.15, 0.2) is 65.1 Å². The molecule has 0 saturated carbocycles. The second-order valence-corrected chi connectivity index (χ2v) is 6.39. The normalized spacial score (nSPS) is 10.4. The van der Waals surface area contributed by atoms with Crippen LogP contribution in [0.5, 0.6) is 5.75 Å². The second-order valence-electron chi connectivity index (χ2n) is 5.59. The molecule has 3 rings (SSSR count). The van der Waals surface area contributed by atoms with Crippen LogP contribution in [-0.2, 0) is 4.79 Å². The van der Waals surface area contributed by atoms with E-state index in [1.807, 2.05) is 36.4 Å². The van der Waals surface area contributed by atoms with Crippen molar-refractivity contribution in [2.24, 2.45) is 0 Å². The molecule has 3 aromatic rings. The summed E-state index contributed by atoms with van der Waals surface area (Å²) in [6, 6.07) is 18.3. The lowest BCUT2D eigenvalue weighted by molar-refractivity contribution is -0.118. The topological polar surface area (TPSA) is 67.4 Å². The molecule has 0 unspecified atom stereocenters. The van der Waals surface area contributed by atoms with Crippen molar-refractivity contribution in [3.63, 3.8) is 0 Å². The van der Waals surface area contributed by atoms with E-state index >= 15 is 0 Å². The first kappa shape index (κ1) is 17.9. The lowest BCUT2D eigenvalue weighted by Crippen LogP contribution is -2.21. The zero-order valence-electron chi connectivity index (χ0n) is 14.1. The number of halogens is 1. The molecule has 0 heterocycles. The number of hydrogen-bond acceptors (Lipinski definition) is 3. The molecule has 3 aromatic carbocycles. The van der Waals surface area contributed by atoms with E-state index in [0.717, 1.165) is 15.2 Å². The van der Waals surface area contributed by atoms with Crippen molar-refractivity contribution in [1.82, 2.24) is 5.32 Å². The van der Waals surface area contributed by atoms with Gasteiger partial charge in [-0.1, -0.05) is 30.3 Å². The average Bonchev–Trinajstić information content (AvgIpc) is 2.67. The minimum absolute atomic E-state index is 0.117. The van der Waals surface area contributed by atoms with Crippen LogP contribution in [0.3, 0.4) is 0 Å². The van der Waals surface area contributed by atoms with Gasteiger partial charge < -0.3 is 15.4 Å². The summed E-state index contributed by atoms with van der Waals surface area (Å²) in [5.41, 5.74) is 1.13. The molecule has 132 valence electrons. The van der Waals surface area contributed by atoms with Crippen molar-refractivity contribution in [2.45, 2.75) is 0 Å². The Hall–Kier alpha value is -2.86. The van der Waals surface area contributed by atoms with Gasteiger partial charge >= 0.3 is 0 Å². The summed E-state index contributed by atoms with van der Waals surface area (Å²) >= 11 is 3.53. The van der Waals surface area contributed by atoms with E-state index < -0.39 is 0 Å². The minimum Gasteiger partial charge on any atom is -0.483 e. The zero-order valence-corrected chi connectivity index (χ0v) is 15.7. The van der Waals surface area contributed by atoms with E-state index in [1.54, 1.807) is 31.3 Å². The smallest absolute Gasteiger partial charge is 0.262 e. The van der Waals surface area contributed by atoms with E-state index in [9.17, 15) is 9.59 Å². The highest BCUT2D eigenvalue weighted by Gasteiger charge is 2.09. The van der Waals surface area contributed by atoms with Gasteiger partial charge in [-0.05, 0) is 57.0 Å². The second kappa shape index (κ2) is 8.01. The van der Waals surface area contributed by atoms with Crippen molar-refractivity contribution in [3.05, 3.63) is 70.7 Å². The van der Waals surface area contributed by atoms with Crippen molar-refractivity contribution in [3.8, 4) is 5.75 Å². The number of rotatable bonds is 5. The number of ether oxygens (including phenoxy) is 1. The number of fused-ring (bicyclic) bond motifs is 1. The molecule has 0 atom stereocenters. The molecule has 0 bridgehead atoms. The van der Waals surface area contributed by atoms with Crippen LogP contribution in [0.1, 0.15) is 10.4 Å². The fraction of sp³-hybridized carbons (Fsp3) is 0.100. The number of benzene rings is 3. The van der Waals surface area contributed by atoms with E-state index in [-0.39, 0.29) is 18.4 Å². The Morgan fingerprint density at radius 3 is 2.46 bits per heavy atom. The van der Waals surface area contributed by atoms with Crippen LogP contribution in [-0.4, -0.2) is 25.5 Å². The molecule has 0 aliphatic rings. The van der Waals surface area contributed by atoms with Crippen molar-refractivity contribution in [2.75, 3.05) is 19.0 Å². The van der Waals surface area contributed by atoms with Crippen LogP contribution in [0.2, 0.25) is 0 Å². The van der Waals surface area contributed by atoms with Crippen LogP contribution >= 0.6 is 15.9 Å². The molecular formula is C20H17BrN2O3. The summed E-state index contributed by atoms with van der Waals surface area (Å²) in [5, 5.41) is 7.40. The largest absolute Gasteiger partial charge is 0.483 e. The molecule has 2 amide bonds. The molecule has 5 nitrogen and oxygen atoms in total. The molecular weight excluding hydrogens is 396 g/mol. The van der Waals surface area contributed by atoms with Gasteiger partial charge in [0.15, 0.2) is 6.61 Å². The third-order valence-corrected chi connectivity index (χ3v) is 4.66. The number of anilines is 1. The Balaban J connectivity index is 1.62. The van der Waals surface area contributed by atoms with Crippen molar-refractivity contribution >= 4 is 44.2 Å². The first-order valence-electron chi connectivity index (χ1n) is 8.00. The predicted octanol–water partition coefficient (Wildman–Crippen LogP) is 3.98. The molecule has 0 spiro atoms. The lowest BCUT2D eigenvalue weighted by atomic mass is 10.1. The summed E-state index contributed by atoms with van der Waals surface area (Å²) in [6.07, 6.45) is 0. The third-order valence-electron chi connectivity index (χ3n) is 3.84. The van der Waals surface area contributed by atoms with Gasteiger partial charge in [-0.3, -0.25) is 9.59 Å². The monoisotopic (exact) mass is 412 g/mol. The Labute approximate surface area is 159 Å². The number of carbonyl (C=O) groups is 2. The molecule has 2 N–H and O–H groups in total. The Morgan fingerprint density at radius 2 is 1.73 bits per heavy atom. The van der Waals surface area contributed by atoms with Gasteiger partial charge in [-0.2, -0.15) is 0 Å². The van der Waals surface area contributed by atoms with Crippen LogP contribution in [0, 0.1) is 0 Å². The molecule has 0 aliphatic carbocycles. The van der Waals surface area contributed by atoms with E-state index in [0.29, 0.717) is 17.0 Å². The van der Waals surface area contributed by atoms with Crippen LogP contribution in [0.25, 0.3) is 10.8 Å². The van der Waals surface area contributed by atoms with Gasteiger partial charge in [0, 0.05) is 18.3 Å². The van der Waals surface area contributed by atoms with Crippen molar-refractivity contribution < 1.29 is 14.3 Å². The number of hydrogen-bond donors (Lipinski definition) is 2. The summed E-state index contributed by atoms with van der Waals surface area (Å²) in [6.45, 7) is -0.117. The van der Waals surface area contributed by atoms with Gasteiger partial charge in [-0.25, -0.2) is 0 Å². The highest BCUT2D eigenvalue weighted by atomic mass is 79.9. The van der Waals surface area contributed by atoms with Gasteiger partial charge in [0.2, 0.25) is 0 Å². The first-order valence-corrected chi connectivity index (χ1v) is 8.80. The van der Waals surface area contributed by atoms with Crippen LogP contribution < -0.4 is 15.4 Å². The van der Waals surface area contributed by atoms with Crippen LogP contribution in [0.4, 0.5) is 5.69 Å². The SMILES string of the molecule is CNC(=O)c1ccc(NC(=O)COc2ccc3ccccc3c2Br)cc1. The Bertz CT molecular complexity index is 955. The number of nitrogens with one attached hydrogen (secondary N) is 2. The predicted molar refractivity (Wildman–Crippen MR) is 106 cm³/mol. The summed E-state index contributed by atoms with van der Waals surface area (Å²) in [5.74, 6) is 0.152. The highest BCUT2D eigenvalue weighted by Crippen LogP contribution is 2.32. The Morgan fingerprint density at radius 1 is 1.00 bits per heavy atom. The summed E-state index contributed by atoms with van der Waals surface area (Å²) in [4.78, 5) is 23.6. The standard InChI is InChI=1S/C20H17BrN2O3/c1-22-20(25)14-6-9-15(10-7-14)23-18(24)12-26-17-11-8-13-4-2-3-5-16(13)19(17)21/h2-11H,12H2,1H3,(H,22,25)(H,23,24). The number of amides is 2.